The summed E-state index contributed by atoms with van der Waals surface area (Å²) < 4.78 is 6.31. The molecule has 5 rings (SSSR count). The van der Waals surface area contributed by atoms with Crippen molar-refractivity contribution in [1.82, 2.24) is 20.3 Å². The second kappa shape index (κ2) is 8.57. The molecule has 3 N–H and O–H groups in total. The summed E-state index contributed by atoms with van der Waals surface area (Å²) in [6.45, 7) is 1.93. The second-order valence-electron chi connectivity index (χ2n) is 7.55. The number of rotatable bonds is 5. The van der Waals surface area contributed by atoms with E-state index in [0.717, 1.165) is 42.8 Å². The SMILES string of the molecule is O=C(Nc1cccnc1)c1cccc2[nH]c(-c3ccccc3OC3CCNCC3)nc12. The Morgan fingerprint density at radius 3 is 2.74 bits per heavy atom. The molecule has 1 aliphatic rings. The smallest absolute Gasteiger partial charge is 0.257 e. The lowest BCUT2D eigenvalue weighted by Gasteiger charge is -2.24. The van der Waals surface area contributed by atoms with Crippen LogP contribution in [0.1, 0.15) is 23.2 Å². The number of anilines is 1. The Morgan fingerprint density at radius 1 is 1.03 bits per heavy atom. The number of H-pyrrole nitrogens is 1. The first kappa shape index (κ1) is 19.3. The summed E-state index contributed by atoms with van der Waals surface area (Å²) >= 11 is 0. The van der Waals surface area contributed by atoms with Gasteiger partial charge in [0.25, 0.3) is 5.91 Å². The Hall–Kier alpha value is -3.71. The van der Waals surface area contributed by atoms with Crippen LogP contribution < -0.4 is 15.4 Å². The number of carbonyl (C=O) groups excluding carboxylic acids is 1. The minimum Gasteiger partial charge on any atom is -0.490 e. The number of aromatic amines is 1. The molecular formula is C24H23N5O2. The van der Waals surface area contributed by atoms with Crippen molar-refractivity contribution >= 4 is 22.6 Å². The number of carbonyl (C=O) groups is 1. The quantitative estimate of drug-likeness (QED) is 0.460. The molecular weight excluding hydrogens is 390 g/mol. The lowest BCUT2D eigenvalue weighted by atomic mass is 10.1. The number of hydrogen-bond donors (Lipinski definition) is 3. The molecule has 7 heteroatoms. The van der Waals surface area contributed by atoms with Crippen LogP contribution in [-0.4, -0.2) is 40.1 Å². The number of pyridine rings is 1. The molecule has 0 aliphatic carbocycles. The van der Waals surface area contributed by atoms with Crippen LogP contribution in [0.25, 0.3) is 22.4 Å². The number of hydrogen-bond acceptors (Lipinski definition) is 5. The van der Waals surface area contributed by atoms with Crippen LogP contribution in [0.15, 0.2) is 67.0 Å². The third-order valence-corrected chi connectivity index (χ3v) is 5.40. The van der Waals surface area contributed by atoms with E-state index in [-0.39, 0.29) is 12.0 Å². The molecule has 7 nitrogen and oxygen atoms in total. The number of nitrogens with zero attached hydrogens (tertiary/aromatic N) is 2. The summed E-state index contributed by atoms with van der Waals surface area (Å²) in [6, 6.07) is 17.0. The van der Waals surface area contributed by atoms with Gasteiger partial charge in [-0.1, -0.05) is 18.2 Å². The van der Waals surface area contributed by atoms with Gasteiger partial charge < -0.3 is 20.4 Å². The molecule has 4 aromatic rings. The van der Waals surface area contributed by atoms with Gasteiger partial charge >= 0.3 is 0 Å². The van der Waals surface area contributed by atoms with E-state index in [2.05, 4.69) is 20.6 Å². The molecule has 0 saturated carbocycles. The fourth-order valence-corrected chi connectivity index (χ4v) is 3.84. The maximum atomic E-state index is 12.9. The highest BCUT2D eigenvalue weighted by molar-refractivity contribution is 6.11. The molecule has 0 spiro atoms. The average Bonchev–Trinajstić information content (AvgIpc) is 3.25. The Kier molecular flexibility index (Phi) is 5.33. The van der Waals surface area contributed by atoms with E-state index in [1.165, 1.54) is 0 Å². The lowest BCUT2D eigenvalue weighted by Crippen LogP contribution is -2.34. The van der Waals surface area contributed by atoms with Gasteiger partial charge in [0.15, 0.2) is 0 Å². The highest BCUT2D eigenvalue weighted by Crippen LogP contribution is 2.32. The topological polar surface area (TPSA) is 91.9 Å². The van der Waals surface area contributed by atoms with Crippen molar-refractivity contribution < 1.29 is 9.53 Å². The highest BCUT2D eigenvalue weighted by Gasteiger charge is 2.19. The minimum atomic E-state index is -0.226. The molecule has 0 unspecified atom stereocenters. The Balaban J connectivity index is 1.47. The van der Waals surface area contributed by atoms with Crippen LogP contribution in [0.4, 0.5) is 5.69 Å². The van der Waals surface area contributed by atoms with E-state index in [9.17, 15) is 4.79 Å². The summed E-state index contributed by atoms with van der Waals surface area (Å²) in [5.41, 5.74) is 3.44. The maximum absolute atomic E-state index is 12.9. The van der Waals surface area contributed by atoms with Gasteiger partial charge in [-0.2, -0.15) is 0 Å². The first-order chi connectivity index (χ1) is 15.3. The molecule has 156 valence electrons. The molecule has 31 heavy (non-hydrogen) atoms. The van der Waals surface area contributed by atoms with Crippen LogP contribution >= 0.6 is 0 Å². The van der Waals surface area contributed by atoms with Gasteiger partial charge in [-0.05, 0) is 62.3 Å². The monoisotopic (exact) mass is 413 g/mol. The van der Waals surface area contributed by atoms with Crippen molar-refractivity contribution in [2.75, 3.05) is 18.4 Å². The van der Waals surface area contributed by atoms with Crippen molar-refractivity contribution in [3.63, 3.8) is 0 Å². The van der Waals surface area contributed by atoms with E-state index in [1.54, 1.807) is 30.6 Å². The van der Waals surface area contributed by atoms with Crippen LogP contribution in [0.5, 0.6) is 5.75 Å². The van der Waals surface area contributed by atoms with Gasteiger partial charge in [0, 0.05) is 6.20 Å². The molecule has 2 aromatic heterocycles. The number of imidazole rings is 1. The lowest BCUT2D eigenvalue weighted by molar-refractivity contribution is 0.102. The number of ether oxygens (including phenoxy) is 1. The van der Waals surface area contributed by atoms with E-state index < -0.39 is 0 Å². The van der Waals surface area contributed by atoms with Crippen LogP contribution in [-0.2, 0) is 0 Å². The van der Waals surface area contributed by atoms with Crippen molar-refractivity contribution in [1.29, 1.82) is 0 Å². The van der Waals surface area contributed by atoms with Gasteiger partial charge in [0.05, 0.1) is 28.5 Å². The van der Waals surface area contributed by atoms with E-state index in [4.69, 9.17) is 9.72 Å². The zero-order valence-electron chi connectivity index (χ0n) is 17.0. The number of amides is 1. The number of fused-ring (bicyclic) bond motifs is 1. The van der Waals surface area contributed by atoms with Crippen molar-refractivity contribution in [2.45, 2.75) is 18.9 Å². The molecule has 0 atom stereocenters. The Morgan fingerprint density at radius 2 is 1.90 bits per heavy atom. The zero-order chi connectivity index (χ0) is 21.0. The van der Waals surface area contributed by atoms with Gasteiger partial charge in [0.2, 0.25) is 0 Å². The number of para-hydroxylation sites is 2. The zero-order valence-corrected chi connectivity index (χ0v) is 17.0. The normalized spacial score (nSPS) is 14.5. The van der Waals surface area contributed by atoms with Crippen molar-refractivity contribution in [2.24, 2.45) is 0 Å². The standard InChI is InChI=1S/C24H23N5O2/c30-24(27-16-5-4-12-26-15-16)19-7-3-8-20-22(19)29-23(28-20)18-6-1-2-9-21(18)31-17-10-13-25-14-11-17/h1-9,12,15,17,25H,10-11,13-14H2,(H,27,30)(H,28,29). The van der Waals surface area contributed by atoms with Crippen molar-refractivity contribution in [3.05, 3.63) is 72.6 Å². The largest absolute Gasteiger partial charge is 0.490 e. The molecule has 1 amide bonds. The predicted octanol–water partition coefficient (Wildman–Crippen LogP) is 4.01. The molecule has 2 aromatic carbocycles. The fraction of sp³-hybridized carbons (Fsp3) is 0.208. The third-order valence-electron chi connectivity index (χ3n) is 5.40. The summed E-state index contributed by atoms with van der Waals surface area (Å²) in [4.78, 5) is 25.0. The molecule has 0 radical (unpaired) electrons. The van der Waals surface area contributed by atoms with Crippen LogP contribution in [0.3, 0.4) is 0 Å². The van der Waals surface area contributed by atoms with E-state index >= 15 is 0 Å². The maximum Gasteiger partial charge on any atom is 0.257 e. The summed E-state index contributed by atoms with van der Waals surface area (Å²) in [6.07, 6.45) is 5.43. The van der Waals surface area contributed by atoms with Gasteiger partial charge in [0.1, 0.15) is 23.2 Å². The number of piperidine rings is 1. The van der Waals surface area contributed by atoms with E-state index in [1.807, 2.05) is 36.4 Å². The summed E-state index contributed by atoms with van der Waals surface area (Å²) in [5, 5.41) is 6.24. The number of nitrogens with one attached hydrogen (secondary N) is 3. The average molecular weight is 413 g/mol. The van der Waals surface area contributed by atoms with Gasteiger partial charge in [-0.25, -0.2) is 4.98 Å². The highest BCUT2D eigenvalue weighted by atomic mass is 16.5. The predicted molar refractivity (Wildman–Crippen MR) is 120 cm³/mol. The molecule has 1 fully saturated rings. The Bertz CT molecular complexity index is 1200. The summed E-state index contributed by atoms with van der Waals surface area (Å²) in [7, 11) is 0. The van der Waals surface area contributed by atoms with Crippen LogP contribution in [0, 0.1) is 0 Å². The second-order valence-corrected chi connectivity index (χ2v) is 7.55. The van der Waals surface area contributed by atoms with Crippen LogP contribution in [0.2, 0.25) is 0 Å². The Labute approximate surface area is 179 Å². The third kappa shape index (κ3) is 4.13. The minimum absolute atomic E-state index is 0.188. The number of benzene rings is 2. The summed E-state index contributed by atoms with van der Waals surface area (Å²) in [5.74, 6) is 1.26. The molecule has 0 bridgehead atoms. The van der Waals surface area contributed by atoms with E-state index in [0.29, 0.717) is 22.6 Å². The first-order valence-electron chi connectivity index (χ1n) is 10.4. The van der Waals surface area contributed by atoms with Gasteiger partial charge in [-0.3, -0.25) is 9.78 Å². The molecule has 3 heterocycles. The number of aromatic nitrogens is 3. The first-order valence-corrected chi connectivity index (χ1v) is 10.4. The molecule has 1 saturated heterocycles. The fourth-order valence-electron chi connectivity index (χ4n) is 3.84. The molecule has 1 aliphatic heterocycles. The van der Waals surface area contributed by atoms with Crippen molar-refractivity contribution in [3.8, 4) is 17.1 Å². The van der Waals surface area contributed by atoms with Gasteiger partial charge in [-0.15, -0.1) is 0 Å².